The van der Waals surface area contributed by atoms with Crippen molar-refractivity contribution < 1.29 is 13.2 Å². The van der Waals surface area contributed by atoms with Gasteiger partial charge in [0.25, 0.3) is 5.92 Å². The van der Waals surface area contributed by atoms with Crippen LogP contribution in [0.25, 0.3) is 55.6 Å². The molecule has 3 aromatic carbocycles. The molecule has 0 atom stereocenters. The van der Waals surface area contributed by atoms with Crippen LogP contribution in [0.3, 0.4) is 0 Å². The van der Waals surface area contributed by atoms with Crippen molar-refractivity contribution in [1.82, 2.24) is 25.1 Å². The fraction of sp³-hybridized carbons (Fsp3) is 0.188. The van der Waals surface area contributed by atoms with E-state index in [1.807, 2.05) is 43.3 Å². The summed E-state index contributed by atoms with van der Waals surface area (Å²) in [6.07, 6.45) is 1.68. The number of nitrogens with one attached hydrogen (secondary N) is 2. The minimum Gasteiger partial charge on any atom is -0.353 e. The Morgan fingerprint density at radius 2 is 1.77 bits per heavy atom. The molecule has 2 N–H and O–H groups in total. The van der Waals surface area contributed by atoms with E-state index in [9.17, 15) is 13.2 Å². The summed E-state index contributed by atoms with van der Waals surface area (Å²) < 4.78 is 41.0. The lowest BCUT2D eigenvalue weighted by molar-refractivity contribution is 0.0115. The molecule has 0 bridgehead atoms. The summed E-state index contributed by atoms with van der Waals surface area (Å²) >= 11 is 0. The number of pyridine rings is 1. The standard InChI is InChI=1S/C32H26F3N5/c1-19-11-20(17-40-10-9-32(34,35)18-40)13-22(12-19)28-15-26-30(16-36-28)38-39-31(26)29-14-25-24(3-2-4-27(25)37-29)21-5-7-23(33)8-6-21/h2-8,11-16,37H,9-10,17-18H2,1H3,(H,38,39). The van der Waals surface area contributed by atoms with E-state index in [-0.39, 0.29) is 18.8 Å². The number of nitrogens with zero attached hydrogens (tertiary/aromatic N) is 3. The molecule has 1 aliphatic heterocycles. The number of fused-ring (bicyclic) bond motifs is 2. The second-order valence-electron chi connectivity index (χ2n) is 10.7. The Hall–Kier alpha value is -4.43. The van der Waals surface area contributed by atoms with E-state index < -0.39 is 5.92 Å². The summed E-state index contributed by atoms with van der Waals surface area (Å²) in [5.74, 6) is -2.88. The fourth-order valence-corrected chi connectivity index (χ4v) is 5.75. The van der Waals surface area contributed by atoms with Crippen LogP contribution in [0.4, 0.5) is 13.2 Å². The number of H-pyrrole nitrogens is 2. The second kappa shape index (κ2) is 9.34. The SMILES string of the molecule is Cc1cc(CN2CCC(F)(F)C2)cc(-c2cc3c(-c4cc5c(-c6ccc(F)cc6)cccc5[nH]4)n[nH]c3cn2)c1. The van der Waals surface area contributed by atoms with Crippen molar-refractivity contribution in [2.45, 2.75) is 25.8 Å². The number of likely N-dealkylation sites (tertiary alicyclic amines) is 1. The Bertz CT molecular complexity index is 1870. The first-order valence-corrected chi connectivity index (χ1v) is 13.2. The van der Waals surface area contributed by atoms with Crippen LogP contribution in [0.5, 0.6) is 0 Å². The van der Waals surface area contributed by atoms with Gasteiger partial charge in [0.05, 0.1) is 29.6 Å². The topological polar surface area (TPSA) is 60.6 Å². The van der Waals surface area contributed by atoms with Crippen molar-refractivity contribution in [2.24, 2.45) is 0 Å². The minimum absolute atomic E-state index is 0.0910. The predicted molar refractivity (Wildman–Crippen MR) is 152 cm³/mol. The van der Waals surface area contributed by atoms with Crippen molar-refractivity contribution in [3.63, 3.8) is 0 Å². The van der Waals surface area contributed by atoms with Crippen molar-refractivity contribution in [1.29, 1.82) is 0 Å². The maximum atomic E-state index is 13.7. The second-order valence-corrected chi connectivity index (χ2v) is 10.7. The van der Waals surface area contributed by atoms with Gasteiger partial charge in [-0.25, -0.2) is 13.2 Å². The summed E-state index contributed by atoms with van der Waals surface area (Å²) in [5.41, 5.74) is 9.10. The summed E-state index contributed by atoms with van der Waals surface area (Å²) in [4.78, 5) is 9.98. The van der Waals surface area contributed by atoms with E-state index in [4.69, 9.17) is 0 Å². The van der Waals surface area contributed by atoms with Crippen LogP contribution in [0.2, 0.25) is 0 Å². The molecule has 6 aromatic rings. The number of alkyl halides is 2. The summed E-state index contributed by atoms with van der Waals surface area (Å²) in [6.45, 7) is 2.68. The quantitative estimate of drug-likeness (QED) is 0.237. The average molecular weight is 538 g/mol. The molecule has 0 amide bonds. The lowest BCUT2D eigenvalue weighted by Gasteiger charge is -2.16. The van der Waals surface area contributed by atoms with E-state index in [1.165, 1.54) is 12.1 Å². The third kappa shape index (κ3) is 4.54. The molecule has 200 valence electrons. The molecular weight excluding hydrogens is 511 g/mol. The normalized spacial score (nSPS) is 15.4. The number of hydrogen-bond acceptors (Lipinski definition) is 3. The van der Waals surface area contributed by atoms with Gasteiger partial charge in [0.15, 0.2) is 0 Å². The van der Waals surface area contributed by atoms with Crippen LogP contribution in [0.15, 0.2) is 79.0 Å². The summed E-state index contributed by atoms with van der Waals surface area (Å²) in [7, 11) is 0. The van der Waals surface area contributed by atoms with Gasteiger partial charge in [-0.2, -0.15) is 5.10 Å². The van der Waals surface area contributed by atoms with Crippen LogP contribution in [-0.4, -0.2) is 44.1 Å². The largest absolute Gasteiger partial charge is 0.353 e. The highest BCUT2D eigenvalue weighted by Gasteiger charge is 2.37. The molecule has 0 radical (unpaired) electrons. The fourth-order valence-electron chi connectivity index (χ4n) is 5.75. The van der Waals surface area contributed by atoms with Crippen molar-refractivity contribution in [3.8, 4) is 33.8 Å². The first-order chi connectivity index (χ1) is 19.3. The highest BCUT2D eigenvalue weighted by Crippen LogP contribution is 2.35. The monoisotopic (exact) mass is 537 g/mol. The molecule has 0 unspecified atom stereocenters. The summed E-state index contributed by atoms with van der Waals surface area (Å²) in [5, 5.41) is 9.63. The van der Waals surface area contributed by atoms with Gasteiger partial charge >= 0.3 is 0 Å². The lowest BCUT2D eigenvalue weighted by atomic mass is 10.0. The van der Waals surface area contributed by atoms with Gasteiger partial charge in [-0.1, -0.05) is 35.9 Å². The van der Waals surface area contributed by atoms with E-state index >= 15 is 0 Å². The van der Waals surface area contributed by atoms with Gasteiger partial charge in [0.2, 0.25) is 0 Å². The first-order valence-electron chi connectivity index (χ1n) is 13.2. The molecule has 1 fully saturated rings. The third-order valence-electron chi connectivity index (χ3n) is 7.61. The van der Waals surface area contributed by atoms with E-state index in [1.54, 1.807) is 23.2 Å². The van der Waals surface area contributed by atoms with E-state index in [0.29, 0.717) is 13.1 Å². The Morgan fingerprint density at radius 1 is 0.925 bits per heavy atom. The maximum Gasteiger partial charge on any atom is 0.261 e. The third-order valence-corrected chi connectivity index (χ3v) is 7.61. The smallest absolute Gasteiger partial charge is 0.261 e. The number of rotatable bonds is 5. The molecule has 8 heteroatoms. The number of aryl methyl sites for hydroxylation is 1. The Kier molecular flexibility index (Phi) is 5.75. The number of aromatic amines is 2. The van der Waals surface area contributed by atoms with Crippen molar-refractivity contribution >= 4 is 21.8 Å². The van der Waals surface area contributed by atoms with Crippen molar-refractivity contribution in [2.75, 3.05) is 13.1 Å². The summed E-state index contributed by atoms with van der Waals surface area (Å²) in [6, 6.07) is 22.7. The van der Waals surface area contributed by atoms with Crippen LogP contribution in [-0.2, 0) is 6.54 Å². The zero-order valence-electron chi connectivity index (χ0n) is 21.8. The Morgan fingerprint density at radius 3 is 2.58 bits per heavy atom. The van der Waals surface area contributed by atoms with Crippen LogP contribution in [0, 0.1) is 12.7 Å². The molecule has 4 heterocycles. The van der Waals surface area contributed by atoms with Gasteiger partial charge in [-0.3, -0.25) is 15.0 Å². The van der Waals surface area contributed by atoms with Crippen molar-refractivity contribution in [3.05, 3.63) is 95.9 Å². The van der Waals surface area contributed by atoms with E-state index in [2.05, 4.69) is 32.3 Å². The number of halogens is 3. The number of aromatic nitrogens is 4. The highest BCUT2D eigenvalue weighted by atomic mass is 19.3. The lowest BCUT2D eigenvalue weighted by Crippen LogP contribution is -2.24. The predicted octanol–water partition coefficient (Wildman–Crippen LogP) is 7.73. The average Bonchev–Trinajstić information content (AvgIpc) is 3.64. The van der Waals surface area contributed by atoms with Gasteiger partial charge in [-0.15, -0.1) is 0 Å². The minimum atomic E-state index is -2.61. The molecule has 40 heavy (non-hydrogen) atoms. The van der Waals surface area contributed by atoms with Gasteiger partial charge in [-0.05, 0) is 66.1 Å². The van der Waals surface area contributed by atoms with Crippen LogP contribution >= 0.6 is 0 Å². The number of hydrogen-bond donors (Lipinski definition) is 2. The van der Waals surface area contributed by atoms with E-state index in [0.717, 1.165) is 66.7 Å². The van der Waals surface area contributed by atoms with Gasteiger partial charge < -0.3 is 4.98 Å². The molecule has 1 saturated heterocycles. The zero-order valence-corrected chi connectivity index (χ0v) is 21.8. The number of benzene rings is 3. The molecule has 0 spiro atoms. The molecule has 3 aromatic heterocycles. The molecule has 1 aliphatic rings. The highest BCUT2D eigenvalue weighted by molar-refractivity contribution is 6.01. The first kappa shape index (κ1) is 24.6. The molecule has 0 aliphatic carbocycles. The van der Waals surface area contributed by atoms with Crippen LogP contribution < -0.4 is 0 Å². The molecule has 7 rings (SSSR count). The molecule has 0 saturated carbocycles. The molecule has 5 nitrogen and oxygen atoms in total. The zero-order chi connectivity index (χ0) is 27.4. The Balaban J connectivity index is 1.26. The van der Waals surface area contributed by atoms with Crippen LogP contribution in [0.1, 0.15) is 17.5 Å². The maximum absolute atomic E-state index is 13.7. The Labute approximate surface area is 228 Å². The van der Waals surface area contributed by atoms with Gasteiger partial charge in [0, 0.05) is 41.4 Å². The molecular formula is C32H26F3N5. The van der Waals surface area contributed by atoms with Gasteiger partial charge in [0.1, 0.15) is 11.5 Å².